The number of carbonyl (C=O) groups excluding carboxylic acids is 1. The Labute approximate surface area is 121 Å². The maximum absolute atomic E-state index is 12.0. The molecule has 1 fully saturated rings. The molecule has 2 N–H and O–H groups in total. The first kappa shape index (κ1) is 15.4. The van der Waals surface area contributed by atoms with Crippen molar-refractivity contribution in [3.05, 3.63) is 17.0 Å². The minimum Gasteiger partial charge on any atom is -0.459 e. The van der Waals surface area contributed by atoms with Gasteiger partial charge in [-0.25, -0.2) is 18.4 Å². The fraction of sp³-hybridized carbons (Fsp3) is 0.583. The lowest BCUT2D eigenvalue weighted by atomic mass is 10.0. The Balaban J connectivity index is 2.03. The lowest BCUT2D eigenvalue weighted by molar-refractivity contribution is -0.0855. The number of rotatable bonds is 3. The summed E-state index contributed by atoms with van der Waals surface area (Å²) in [5.74, 6) is -0.526. The summed E-state index contributed by atoms with van der Waals surface area (Å²) in [6, 6.07) is 1.24. The molecular formula is C12H17NO5S2. The molecule has 1 aromatic rings. The van der Waals surface area contributed by atoms with Crippen molar-refractivity contribution in [1.82, 2.24) is 0 Å². The minimum atomic E-state index is -3.78. The van der Waals surface area contributed by atoms with Crippen LogP contribution in [0.1, 0.15) is 37.0 Å². The molecule has 0 aliphatic carbocycles. The highest BCUT2D eigenvalue weighted by Crippen LogP contribution is 2.24. The van der Waals surface area contributed by atoms with Crippen molar-refractivity contribution < 1.29 is 22.7 Å². The minimum absolute atomic E-state index is 0.0407. The highest BCUT2D eigenvalue weighted by Gasteiger charge is 2.28. The summed E-state index contributed by atoms with van der Waals surface area (Å²) in [5.41, 5.74) is 0.214. The van der Waals surface area contributed by atoms with E-state index in [1.165, 1.54) is 11.4 Å². The molecule has 2 atom stereocenters. The van der Waals surface area contributed by atoms with Gasteiger partial charge in [-0.2, -0.15) is 0 Å². The number of primary sulfonamides is 1. The first-order chi connectivity index (χ1) is 9.25. The fourth-order valence-electron chi connectivity index (χ4n) is 2.23. The molecule has 0 saturated carbocycles. The molecule has 0 aromatic carbocycles. The van der Waals surface area contributed by atoms with Crippen molar-refractivity contribution in [2.24, 2.45) is 5.14 Å². The predicted molar refractivity (Wildman–Crippen MR) is 74.1 cm³/mol. The number of sulfonamides is 1. The van der Waals surface area contributed by atoms with E-state index < -0.39 is 16.0 Å². The van der Waals surface area contributed by atoms with Gasteiger partial charge in [-0.1, -0.05) is 0 Å². The molecule has 1 aliphatic heterocycles. The Morgan fingerprint density at radius 2 is 2.00 bits per heavy atom. The highest BCUT2D eigenvalue weighted by molar-refractivity contribution is 7.91. The van der Waals surface area contributed by atoms with E-state index in [1.807, 2.05) is 13.8 Å². The van der Waals surface area contributed by atoms with Crippen molar-refractivity contribution in [3.8, 4) is 0 Å². The normalized spacial score (nSPS) is 27.2. The first-order valence-electron chi connectivity index (χ1n) is 6.23. The second kappa shape index (κ2) is 5.80. The van der Waals surface area contributed by atoms with Crippen molar-refractivity contribution >= 4 is 27.3 Å². The van der Waals surface area contributed by atoms with Crippen LogP contribution >= 0.6 is 11.3 Å². The van der Waals surface area contributed by atoms with Gasteiger partial charge < -0.3 is 9.47 Å². The van der Waals surface area contributed by atoms with E-state index >= 15 is 0 Å². The van der Waals surface area contributed by atoms with Gasteiger partial charge in [-0.3, -0.25) is 0 Å². The van der Waals surface area contributed by atoms with Crippen LogP contribution in [-0.2, 0) is 19.5 Å². The zero-order chi connectivity index (χ0) is 14.9. The molecular weight excluding hydrogens is 302 g/mol. The van der Waals surface area contributed by atoms with Crippen LogP contribution in [0.4, 0.5) is 0 Å². The van der Waals surface area contributed by atoms with E-state index in [4.69, 9.17) is 14.6 Å². The van der Waals surface area contributed by atoms with Gasteiger partial charge in [0.2, 0.25) is 10.0 Å². The smallest absolute Gasteiger partial charge is 0.339 e. The third-order valence-corrected chi connectivity index (χ3v) is 5.41. The van der Waals surface area contributed by atoms with Crippen LogP contribution in [0.5, 0.6) is 0 Å². The van der Waals surface area contributed by atoms with Crippen LogP contribution in [0.25, 0.3) is 0 Å². The molecule has 2 heterocycles. The summed E-state index contributed by atoms with van der Waals surface area (Å²) in [5, 5.41) is 6.44. The van der Waals surface area contributed by atoms with Crippen LogP contribution in [-0.4, -0.2) is 32.7 Å². The van der Waals surface area contributed by atoms with Gasteiger partial charge in [0.05, 0.1) is 17.8 Å². The summed E-state index contributed by atoms with van der Waals surface area (Å²) < 4.78 is 33.2. The van der Waals surface area contributed by atoms with Gasteiger partial charge in [-0.15, -0.1) is 11.3 Å². The Kier molecular flexibility index (Phi) is 4.48. The highest BCUT2D eigenvalue weighted by atomic mass is 32.2. The number of hydrogen-bond donors (Lipinski definition) is 1. The average Bonchev–Trinajstić information content (AvgIpc) is 2.75. The molecule has 1 aromatic heterocycles. The van der Waals surface area contributed by atoms with Gasteiger partial charge in [0.25, 0.3) is 0 Å². The number of ether oxygens (including phenoxy) is 2. The molecule has 2 unspecified atom stereocenters. The van der Waals surface area contributed by atoms with Gasteiger partial charge in [0, 0.05) is 18.2 Å². The predicted octanol–water partition coefficient (Wildman–Crippen LogP) is 1.51. The third-order valence-electron chi connectivity index (χ3n) is 3.02. The van der Waals surface area contributed by atoms with E-state index in [0.29, 0.717) is 12.8 Å². The van der Waals surface area contributed by atoms with Gasteiger partial charge in [0.15, 0.2) is 0 Å². The number of carbonyl (C=O) groups is 1. The van der Waals surface area contributed by atoms with Gasteiger partial charge in [-0.05, 0) is 19.9 Å². The summed E-state index contributed by atoms with van der Waals surface area (Å²) >= 11 is 0.909. The van der Waals surface area contributed by atoms with Crippen LogP contribution in [0.15, 0.2) is 15.7 Å². The van der Waals surface area contributed by atoms with Crippen LogP contribution < -0.4 is 5.14 Å². The van der Waals surface area contributed by atoms with Crippen molar-refractivity contribution in [2.75, 3.05) is 0 Å². The van der Waals surface area contributed by atoms with Gasteiger partial charge in [0.1, 0.15) is 10.3 Å². The monoisotopic (exact) mass is 319 g/mol. The number of esters is 1. The van der Waals surface area contributed by atoms with E-state index in [9.17, 15) is 13.2 Å². The molecule has 6 nitrogen and oxygen atoms in total. The lowest BCUT2D eigenvalue weighted by Crippen LogP contribution is -2.35. The Hall–Kier alpha value is -0.960. The molecule has 20 heavy (non-hydrogen) atoms. The molecule has 8 heteroatoms. The molecule has 2 rings (SSSR count). The topological polar surface area (TPSA) is 95.7 Å². The first-order valence-corrected chi connectivity index (χ1v) is 8.66. The lowest BCUT2D eigenvalue weighted by Gasteiger charge is -2.31. The Bertz CT molecular complexity index is 585. The third kappa shape index (κ3) is 3.78. The van der Waals surface area contributed by atoms with Gasteiger partial charge >= 0.3 is 5.97 Å². The summed E-state index contributed by atoms with van der Waals surface area (Å²) in [6.45, 7) is 3.86. The van der Waals surface area contributed by atoms with Crippen LogP contribution in [0.2, 0.25) is 0 Å². The Morgan fingerprint density at radius 1 is 1.40 bits per heavy atom. The second-order valence-electron chi connectivity index (χ2n) is 4.96. The van der Waals surface area contributed by atoms with Crippen molar-refractivity contribution in [1.29, 1.82) is 0 Å². The molecule has 1 saturated heterocycles. The summed E-state index contributed by atoms with van der Waals surface area (Å²) in [4.78, 5) is 12.0. The number of nitrogens with two attached hydrogens (primary N) is 1. The number of hydrogen-bond acceptors (Lipinski definition) is 6. The molecule has 0 amide bonds. The number of thiophene rings is 1. The van der Waals surface area contributed by atoms with Crippen molar-refractivity contribution in [3.63, 3.8) is 0 Å². The largest absolute Gasteiger partial charge is 0.459 e. The van der Waals surface area contributed by atoms with E-state index in [-0.39, 0.29) is 28.1 Å². The van der Waals surface area contributed by atoms with E-state index in [0.717, 1.165) is 11.3 Å². The standard InChI is InChI=1S/C12H17NO5S2/c1-7-3-10(4-8(2)17-7)18-12(14)9-5-11(19-6-9)20(13,15)16/h5-8,10H,3-4H2,1-2H3,(H2,13,15,16). The second-order valence-corrected chi connectivity index (χ2v) is 7.65. The van der Waals surface area contributed by atoms with Crippen molar-refractivity contribution in [2.45, 2.75) is 49.2 Å². The van der Waals surface area contributed by atoms with E-state index in [1.54, 1.807) is 0 Å². The van der Waals surface area contributed by atoms with Crippen LogP contribution in [0.3, 0.4) is 0 Å². The summed E-state index contributed by atoms with van der Waals surface area (Å²) in [6.07, 6.45) is 1.15. The zero-order valence-electron chi connectivity index (χ0n) is 11.2. The summed E-state index contributed by atoms with van der Waals surface area (Å²) in [7, 11) is -3.78. The quantitative estimate of drug-likeness (QED) is 0.852. The average molecular weight is 319 g/mol. The SMILES string of the molecule is CC1CC(OC(=O)c2csc(S(N)(=O)=O)c2)CC(C)O1. The Morgan fingerprint density at radius 3 is 2.50 bits per heavy atom. The maximum Gasteiger partial charge on any atom is 0.339 e. The molecule has 0 radical (unpaired) electrons. The molecule has 1 aliphatic rings. The molecule has 0 bridgehead atoms. The zero-order valence-corrected chi connectivity index (χ0v) is 12.9. The molecule has 0 spiro atoms. The van der Waals surface area contributed by atoms with E-state index in [2.05, 4.69) is 0 Å². The fourth-order valence-corrected chi connectivity index (χ4v) is 3.81. The molecule has 112 valence electrons. The van der Waals surface area contributed by atoms with Crippen LogP contribution in [0, 0.1) is 0 Å². The maximum atomic E-state index is 12.0.